The standard InChI is InChI=1S/C15H16N2OS/c18-15(8-11-5-7-19-10-11)17-14-3-1-2-12-4-6-16-9-13(12)14/h1-3,5,7,10,16H,4,6,8-9H2,(H,17,18). The van der Waals surface area contributed by atoms with Gasteiger partial charge in [-0.15, -0.1) is 0 Å². The zero-order valence-corrected chi connectivity index (χ0v) is 11.4. The summed E-state index contributed by atoms with van der Waals surface area (Å²) in [7, 11) is 0. The molecular weight excluding hydrogens is 256 g/mol. The van der Waals surface area contributed by atoms with Crippen molar-refractivity contribution in [3.8, 4) is 0 Å². The molecule has 98 valence electrons. The highest BCUT2D eigenvalue weighted by atomic mass is 32.1. The van der Waals surface area contributed by atoms with Crippen LogP contribution >= 0.6 is 11.3 Å². The van der Waals surface area contributed by atoms with Crippen LogP contribution in [0.25, 0.3) is 0 Å². The van der Waals surface area contributed by atoms with Crippen LogP contribution in [-0.4, -0.2) is 12.5 Å². The Kier molecular flexibility index (Phi) is 3.62. The summed E-state index contributed by atoms with van der Waals surface area (Å²) in [6.45, 7) is 1.85. The molecule has 0 bridgehead atoms. The SMILES string of the molecule is O=C(Cc1ccsc1)Nc1cccc2c1CNCC2. The van der Waals surface area contributed by atoms with Crippen molar-refractivity contribution in [3.63, 3.8) is 0 Å². The van der Waals surface area contributed by atoms with Crippen LogP contribution in [-0.2, 0) is 24.2 Å². The quantitative estimate of drug-likeness (QED) is 0.901. The third kappa shape index (κ3) is 2.85. The monoisotopic (exact) mass is 272 g/mol. The summed E-state index contributed by atoms with van der Waals surface area (Å²) >= 11 is 1.62. The van der Waals surface area contributed by atoms with Crippen LogP contribution in [0.15, 0.2) is 35.0 Å². The van der Waals surface area contributed by atoms with E-state index in [2.05, 4.69) is 16.7 Å². The van der Waals surface area contributed by atoms with E-state index in [1.165, 1.54) is 11.1 Å². The fourth-order valence-corrected chi connectivity index (χ4v) is 3.07. The zero-order valence-electron chi connectivity index (χ0n) is 10.6. The predicted molar refractivity (Wildman–Crippen MR) is 78.5 cm³/mol. The van der Waals surface area contributed by atoms with Crippen LogP contribution in [0, 0.1) is 0 Å². The lowest BCUT2D eigenvalue weighted by molar-refractivity contribution is -0.115. The average molecular weight is 272 g/mol. The van der Waals surface area contributed by atoms with Crippen LogP contribution in [0.3, 0.4) is 0 Å². The van der Waals surface area contributed by atoms with Crippen molar-refractivity contribution >= 4 is 22.9 Å². The summed E-state index contributed by atoms with van der Waals surface area (Å²) in [5, 5.41) is 10.4. The molecule has 0 unspecified atom stereocenters. The third-order valence-corrected chi connectivity index (χ3v) is 4.10. The normalized spacial score (nSPS) is 13.9. The molecule has 0 fully saturated rings. The van der Waals surface area contributed by atoms with E-state index in [1.54, 1.807) is 11.3 Å². The molecular formula is C15H16N2OS. The largest absolute Gasteiger partial charge is 0.325 e. The van der Waals surface area contributed by atoms with Crippen molar-refractivity contribution in [1.82, 2.24) is 5.32 Å². The summed E-state index contributed by atoms with van der Waals surface area (Å²) in [6, 6.07) is 8.14. The Morgan fingerprint density at radius 2 is 2.32 bits per heavy atom. The fourth-order valence-electron chi connectivity index (χ4n) is 2.40. The molecule has 1 aliphatic heterocycles. The van der Waals surface area contributed by atoms with Crippen LogP contribution in [0.1, 0.15) is 16.7 Å². The van der Waals surface area contributed by atoms with Gasteiger partial charge in [0.2, 0.25) is 5.91 Å². The minimum atomic E-state index is 0.0531. The molecule has 1 aromatic heterocycles. The smallest absolute Gasteiger partial charge is 0.228 e. The number of anilines is 1. The molecule has 1 amide bonds. The Morgan fingerprint density at radius 1 is 1.37 bits per heavy atom. The molecule has 2 N–H and O–H groups in total. The topological polar surface area (TPSA) is 41.1 Å². The minimum Gasteiger partial charge on any atom is -0.325 e. The van der Waals surface area contributed by atoms with E-state index in [9.17, 15) is 4.79 Å². The molecule has 3 rings (SSSR count). The first-order chi connectivity index (χ1) is 9.33. The number of hydrogen-bond donors (Lipinski definition) is 2. The van der Waals surface area contributed by atoms with Gasteiger partial charge in [-0.2, -0.15) is 11.3 Å². The minimum absolute atomic E-state index is 0.0531. The summed E-state index contributed by atoms with van der Waals surface area (Å²) in [6.07, 6.45) is 1.48. The number of rotatable bonds is 3. The highest BCUT2D eigenvalue weighted by molar-refractivity contribution is 7.08. The van der Waals surface area contributed by atoms with Crippen molar-refractivity contribution in [2.75, 3.05) is 11.9 Å². The Labute approximate surface area is 116 Å². The number of carbonyl (C=O) groups is 1. The Balaban J connectivity index is 1.74. The van der Waals surface area contributed by atoms with Crippen molar-refractivity contribution in [2.24, 2.45) is 0 Å². The maximum absolute atomic E-state index is 12.0. The third-order valence-electron chi connectivity index (χ3n) is 3.36. The summed E-state index contributed by atoms with van der Waals surface area (Å²) in [4.78, 5) is 12.0. The number of fused-ring (bicyclic) bond motifs is 1. The molecule has 3 nitrogen and oxygen atoms in total. The van der Waals surface area contributed by atoms with Crippen LogP contribution in [0.4, 0.5) is 5.69 Å². The van der Waals surface area contributed by atoms with Crippen molar-refractivity contribution in [3.05, 3.63) is 51.7 Å². The van der Waals surface area contributed by atoms with E-state index in [4.69, 9.17) is 0 Å². The first-order valence-corrected chi connectivity index (χ1v) is 7.39. The van der Waals surface area contributed by atoms with Gasteiger partial charge in [-0.25, -0.2) is 0 Å². The van der Waals surface area contributed by atoms with E-state index in [0.717, 1.165) is 30.8 Å². The predicted octanol–water partition coefficient (Wildman–Crippen LogP) is 2.58. The van der Waals surface area contributed by atoms with Crippen LogP contribution < -0.4 is 10.6 Å². The van der Waals surface area contributed by atoms with Gasteiger partial charge in [0.05, 0.1) is 6.42 Å². The second-order valence-electron chi connectivity index (χ2n) is 4.73. The van der Waals surface area contributed by atoms with Gasteiger partial charge in [0, 0.05) is 12.2 Å². The number of nitrogens with one attached hydrogen (secondary N) is 2. The maximum Gasteiger partial charge on any atom is 0.228 e. The summed E-state index contributed by atoms with van der Waals surface area (Å²) in [5.41, 5.74) is 4.59. The van der Waals surface area contributed by atoms with E-state index < -0.39 is 0 Å². The Hall–Kier alpha value is -1.65. The number of hydrogen-bond acceptors (Lipinski definition) is 3. The molecule has 19 heavy (non-hydrogen) atoms. The van der Waals surface area contributed by atoms with E-state index in [1.807, 2.05) is 29.0 Å². The average Bonchev–Trinajstić information content (AvgIpc) is 2.92. The number of carbonyl (C=O) groups excluding carboxylic acids is 1. The van der Waals surface area contributed by atoms with Crippen molar-refractivity contribution in [1.29, 1.82) is 0 Å². The van der Waals surface area contributed by atoms with Gasteiger partial charge in [-0.1, -0.05) is 12.1 Å². The molecule has 1 aliphatic rings. The molecule has 0 aliphatic carbocycles. The molecule has 4 heteroatoms. The highest BCUT2D eigenvalue weighted by Crippen LogP contribution is 2.23. The lowest BCUT2D eigenvalue weighted by Gasteiger charge is -2.20. The fraction of sp³-hybridized carbons (Fsp3) is 0.267. The second-order valence-corrected chi connectivity index (χ2v) is 5.51. The first kappa shape index (κ1) is 12.4. The lowest BCUT2D eigenvalue weighted by atomic mass is 9.99. The lowest BCUT2D eigenvalue weighted by Crippen LogP contribution is -2.25. The van der Waals surface area contributed by atoms with Gasteiger partial charge in [-0.3, -0.25) is 4.79 Å². The maximum atomic E-state index is 12.0. The van der Waals surface area contributed by atoms with Crippen molar-refractivity contribution < 1.29 is 4.79 Å². The summed E-state index contributed by atoms with van der Waals surface area (Å²) < 4.78 is 0. The van der Waals surface area contributed by atoms with Gasteiger partial charge in [-0.05, 0) is 52.5 Å². The van der Waals surface area contributed by atoms with Crippen LogP contribution in [0.5, 0.6) is 0 Å². The number of amides is 1. The van der Waals surface area contributed by atoms with Gasteiger partial charge in [0.15, 0.2) is 0 Å². The second kappa shape index (κ2) is 5.55. The van der Waals surface area contributed by atoms with E-state index in [0.29, 0.717) is 6.42 Å². The van der Waals surface area contributed by atoms with E-state index in [-0.39, 0.29) is 5.91 Å². The molecule has 0 atom stereocenters. The summed E-state index contributed by atoms with van der Waals surface area (Å²) in [5.74, 6) is 0.0531. The number of thiophene rings is 1. The Bertz CT molecular complexity index is 578. The van der Waals surface area contributed by atoms with Gasteiger partial charge in [0.1, 0.15) is 0 Å². The van der Waals surface area contributed by atoms with Crippen molar-refractivity contribution in [2.45, 2.75) is 19.4 Å². The molecule has 0 spiro atoms. The van der Waals surface area contributed by atoms with Gasteiger partial charge in [0.25, 0.3) is 0 Å². The zero-order chi connectivity index (χ0) is 13.1. The molecule has 2 aromatic rings. The molecule has 1 aromatic carbocycles. The number of benzene rings is 1. The molecule has 0 saturated heterocycles. The van der Waals surface area contributed by atoms with Gasteiger partial charge >= 0.3 is 0 Å². The van der Waals surface area contributed by atoms with E-state index >= 15 is 0 Å². The Morgan fingerprint density at radius 3 is 3.16 bits per heavy atom. The molecule has 0 radical (unpaired) electrons. The highest BCUT2D eigenvalue weighted by Gasteiger charge is 2.14. The van der Waals surface area contributed by atoms with Crippen LogP contribution in [0.2, 0.25) is 0 Å². The molecule has 2 heterocycles. The first-order valence-electron chi connectivity index (χ1n) is 6.45. The van der Waals surface area contributed by atoms with Gasteiger partial charge < -0.3 is 10.6 Å². The molecule has 0 saturated carbocycles.